The van der Waals surface area contributed by atoms with Gasteiger partial charge in [-0.1, -0.05) is 42.5 Å². The van der Waals surface area contributed by atoms with E-state index in [0.29, 0.717) is 13.2 Å². The highest BCUT2D eigenvalue weighted by Crippen LogP contribution is 2.19. The van der Waals surface area contributed by atoms with Gasteiger partial charge in [0.1, 0.15) is 13.2 Å². The maximum absolute atomic E-state index is 13.7. The topological polar surface area (TPSA) is 56.8 Å². The van der Waals surface area contributed by atoms with Gasteiger partial charge >= 0.3 is 0 Å². The average molecular weight is 347 g/mol. The van der Waals surface area contributed by atoms with E-state index in [1.165, 1.54) is 6.07 Å². The van der Waals surface area contributed by atoms with Gasteiger partial charge in [0.2, 0.25) is 5.91 Å². The van der Waals surface area contributed by atoms with E-state index in [1.807, 2.05) is 30.3 Å². The number of benzene rings is 2. The second-order valence-electron chi connectivity index (χ2n) is 5.32. The predicted molar refractivity (Wildman–Crippen MR) is 91.9 cm³/mol. The van der Waals surface area contributed by atoms with Crippen molar-refractivity contribution in [1.82, 2.24) is 5.32 Å². The summed E-state index contributed by atoms with van der Waals surface area (Å²) in [4.78, 5) is 12.1. The Hall–Kier alpha value is -2.44. The van der Waals surface area contributed by atoms with Crippen LogP contribution >= 0.6 is 0 Å². The number of amides is 1. The minimum atomic E-state index is -0.441. The molecule has 0 unspecified atom stereocenters. The lowest BCUT2D eigenvalue weighted by molar-refractivity contribution is -0.127. The first-order valence-corrected chi connectivity index (χ1v) is 7.99. The molecule has 0 fully saturated rings. The Bertz CT molecular complexity index is 651. The fraction of sp³-hybridized carbons (Fsp3) is 0.316. The van der Waals surface area contributed by atoms with Crippen LogP contribution in [0.1, 0.15) is 11.6 Å². The van der Waals surface area contributed by atoms with Crippen LogP contribution in [0.15, 0.2) is 54.6 Å². The molecule has 0 radical (unpaired) electrons. The van der Waals surface area contributed by atoms with Crippen LogP contribution in [0.2, 0.25) is 0 Å². The van der Waals surface area contributed by atoms with E-state index in [9.17, 15) is 9.18 Å². The number of para-hydroxylation sites is 1. The summed E-state index contributed by atoms with van der Waals surface area (Å²) in [5.74, 6) is -0.570. The monoisotopic (exact) mass is 347 g/mol. The number of rotatable bonds is 10. The molecular weight excluding hydrogens is 325 g/mol. The fourth-order valence-electron chi connectivity index (χ4n) is 2.18. The average Bonchev–Trinajstić information content (AvgIpc) is 2.64. The van der Waals surface area contributed by atoms with Gasteiger partial charge in [0.15, 0.2) is 11.6 Å². The highest BCUT2D eigenvalue weighted by atomic mass is 19.1. The molecule has 134 valence electrons. The van der Waals surface area contributed by atoms with Crippen LogP contribution in [0.25, 0.3) is 0 Å². The summed E-state index contributed by atoms with van der Waals surface area (Å²) >= 11 is 0. The highest BCUT2D eigenvalue weighted by molar-refractivity contribution is 5.77. The first-order chi connectivity index (χ1) is 12.2. The molecule has 0 heterocycles. The van der Waals surface area contributed by atoms with Gasteiger partial charge in [0.25, 0.3) is 0 Å². The van der Waals surface area contributed by atoms with Crippen molar-refractivity contribution >= 4 is 5.91 Å². The number of carbonyl (C=O) groups excluding carboxylic acids is 1. The quantitative estimate of drug-likeness (QED) is 0.672. The number of hydrogen-bond acceptors (Lipinski definition) is 4. The van der Waals surface area contributed by atoms with Crippen molar-refractivity contribution in [3.05, 3.63) is 66.0 Å². The van der Waals surface area contributed by atoms with Crippen molar-refractivity contribution in [1.29, 1.82) is 0 Å². The number of nitrogens with one attached hydrogen (secondary N) is 1. The molecule has 2 aromatic rings. The molecule has 0 saturated carbocycles. The summed E-state index contributed by atoms with van der Waals surface area (Å²) in [6.45, 7) is 0.790. The predicted octanol–water partition coefficient (Wildman–Crippen LogP) is 2.73. The van der Waals surface area contributed by atoms with Crippen LogP contribution in [0.5, 0.6) is 5.75 Å². The number of ether oxygens (including phenoxy) is 3. The zero-order valence-electron chi connectivity index (χ0n) is 14.1. The minimum absolute atomic E-state index is 0.0770. The number of methoxy groups -OCH3 is 1. The normalized spacial score (nSPS) is 11.8. The molecule has 0 spiro atoms. The van der Waals surface area contributed by atoms with E-state index in [4.69, 9.17) is 14.2 Å². The van der Waals surface area contributed by atoms with E-state index >= 15 is 0 Å². The molecule has 2 aromatic carbocycles. The van der Waals surface area contributed by atoms with Crippen LogP contribution in [-0.4, -0.2) is 39.4 Å². The Balaban J connectivity index is 1.96. The maximum atomic E-state index is 13.7. The third kappa shape index (κ3) is 6.52. The molecule has 0 saturated heterocycles. The van der Waals surface area contributed by atoms with E-state index in [-0.39, 0.29) is 24.9 Å². The van der Waals surface area contributed by atoms with Gasteiger partial charge in [-0.25, -0.2) is 4.39 Å². The lowest BCUT2D eigenvalue weighted by Gasteiger charge is -2.20. The fourth-order valence-corrected chi connectivity index (χ4v) is 2.18. The Morgan fingerprint density at radius 2 is 1.80 bits per heavy atom. The molecule has 6 heteroatoms. The van der Waals surface area contributed by atoms with Crippen molar-refractivity contribution in [2.75, 3.05) is 33.5 Å². The second kappa shape index (κ2) is 10.4. The lowest BCUT2D eigenvalue weighted by atomic mass is 10.1. The molecule has 1 amide bonds. The molecule has 0 bridgehead atoms. The van der Waals surface area contributed by atoms with Crippen LogP contribution in [0.3, 0.4) is 0 Å². The zero-order valence-corrected chi connectivity index (χ0v) is 14.1. The lowest BCUT2D eigenvalue weighted by Crippen LogP contribution is -2.35. The number of halogens is 1. The Morgan fingerprint density at radius 3 is 2.52 bits per heavy atom. The standard InChI is InChI=1S/C19H22FNO4/c1-23-11-12-24-14-19(22)21-17(15-7-3-2-4-8-15)13-25-18-10-6-5-9-16(18)20/h2-10,17H,11-14H2,1H3,(H,21,22)/t17-/m0/s1. The third-order valence-electron chi connectivity index (χ3n) is 3.44. The first kappa shape index (κ1) is 18.9. The molecule has 0 aromatic heterocycles. The second-order valence-corrected chi connectivity index (χ2v) is 5.32. The largest absolute Gasteiger partial charge is 0.488 e. The van der Waals surface area contributed by atoms with E-state index in [2.05, 4.69) is 5.32 Å². The molecule has 1 atom stereocenters. The molecule has 5 nitrogen and oxygen atoms in total. The summed E-state index contributed by atoms with van der Waals surface area (Å²) in [6.07, 6.45) is 0. The van der Waals surface area contributed by atoms with Crippen molar-refractivity contribution in [2.24, 2.45) is 0 Å². The number of hydrogen-bond donors (Lipinski definition) is 1. The molecular formula is C19H22FNO4. The van der Waals surface area contributed by atoms with Crippen molar-refractivity contribution in [3.63, 3.8) is 0 Å². The van der Waals surface area contributed by atoms with Crippen LogP contribution in [0.4, 0.5) is 4.39 Å². The first-order valence-electron chi connectivity index (χ1n) is 7.99. The van der Waals surface area contributed by atoms with Crippen molar-refractivity contribution in [2.45, 2.75) is 6.04 Å². The van der Waals surface area contributed by atoms with Crippen molar-refractivity contribution in [3.8, 4) is 5.75 Å². The molecule has 0 aliphatic rings. The SMILES string of the molecule is COCCOCC(=O)N[C@@H](COc1ccccc1F)c1ccccc1. The number of carbonyl (C=O) groups is 1. The molecule has 1 N–H and O–H groups in total. The van der Waals surface area contributed by atoms with Crippen molar-refractivity contribution < 1.29 is 23.4 Å². The van der Waals surface area contributed by atoms with Gasteiger partial charge in [0.05, 0.1) is 19.3 Å². The summed E-state index contributed by atoms with van der Waals surface area (Å²) in [6, 6.07) is 15.1. The van der Waals surface area contributed by atoms with Crippen LogP contribution < -0.4 is 10.1 Å². The summed E-state index contributed by atoms with van der Waals surface area (Å²) in [5.41, 5.74) is 0.865. The highest BCUT2D eigenvalue weighted by Gasteiger charge is 2.16. The van der Waals surface area contributed by atoms with E-state index in [0.717, 1.165) is 5.56 Å². The van der Waals surface area contributed by atoms with Gasteiger partial charge in [-0.2, -0.15) is 0 Å². The zero-order chi connectivity index (χ0) is 17.9. The summed E-state index contributed by atoms with van der Waals surface area (Å²) in [7, 11) is 1.56. The van der Waals surface area contributed by atoms with E-state index < -0.39 is 11.9 Å². The van der Waals surface area contributed by atoms with E-state index in [1.54, 1.807) is 25.3 Å². The molecule has 2 rings (SSSR count). The smallest absolute Gasteiger partial charge is 0.246 e. The summed E-state index contributed by atoms with van der Waals surface area (Å²) < 4.78 is 29.3. The van der Waals surface area contributed by atoms with Gasteiger partial charge in [-0.05, 0) is 17.7 Å². The van der Waals surface area contributed by atoms with Gasteiger partial charge in [-0.3, -0.25) is 4.79 Å². The third-order valence-corrected chi connectivity index (χ3v) is 3.44. The summed E-state index contributed by atoms with van der Waals surface area (Å²) in [5, 5.41) is 2.85. The molecule has 0 aliphatic heterocycles. The van der Waals surface area contributed by atoms with Gasteiger partial charge < -0.3 is 19.5 Å². The molecule has 0 aliphatic carbocycles. The van der Waals surface area contributed by atoms with Gasteiger partial charge in [-0.15, -0.1) is 0 Å². The maximum Gasteiger partial charge on any atom is 0.246 e. The molecule has 25 heavy (non-hydrogen) atoms. The van der Waals surface area contributed by atoms with Crippen LogP contribution in [-0.2, 0) is 14.3 Å². The Kier molecular flexibility index (Phi) is 7.88. The van der Waals surface area contributed by atoms with Crippen LogP contribution in [0, 0.1) is 5.82 Å². The van der Waals surface area contributed by atoms with Gasteiger partial charge in [0, 0.05) is 7.11 Å². The Morgan fingerprint density at radius 1 is 1.08 bits per heavy atom. The Labute approximate surface area is 146 Å². The minimum Gasteiger partial charge on any atom is -0.488 e.